The van der Waals surface area contributed by atoms with Crippen molar-refractivity contribution in [2.24, 2.45) is 0 Å². The molecule has 9 N–H and O–H groups in total. The zero-order valence-electron chi connectivity index (χ0n) is 23.4. The Kier molecular flexibility index (Phi) is 12.0. The van der Waals surface area contributed by atoms with Gasteiger partial charge in [-0.05, 0) is 20.8 Å². The Morgan fingerprint density at radius 1 is 0.814 bits per heavy atom. The van der Waals surface area contributed by atoms with Crippen molar-refractivity contribution >= 4 is 46.2 Å². The highest BCUT2D eigenvalue weighted by Gasteiger charge is 2.38. The molecule has 4 aromatic heterocycles. The van der Waals surface area contributed by atoms with E-state index in [1.807, 2.05) is 0 Å². The van der Waals surface area contributed by atoms with Crippen molar-refractivity contribution in [1.29, 1.82) is 0 Å². The van der Waals surface area contributed by atoms with Crippen LogP contribution in [-0.4, -0.2) is 102 Å². The van der Waals surface area contributed by atoms with Gasteiger partial charge in [0.15, 0.2) is 22.3 Å². The second-order valence-corrected chi connectivity index (χ2v) is 9.07. The number of anilines is 2. The highest BCUT2D eigenvalue weighted by atomic mass is 19.4. The molecule has 0 aliphatic rings. The van der Waals surface area contributed by atoms with Crippen LogP contribution in [0.4, 0.5) is 29.9 Å². The van der Waals surface area contributed by atoms with E-state index in [0.29, 0.717) is 30.2 Å². The Labute approximate surface area is 239 Å². The van der Waals surface area contributed by atoms with E-state index in [4.69, 9.17) is 9.84 Å². The van der Waals surface area contributed by atoms with Crippen LogP contribution in [0.15, 0.2) is 22.2 Å². The number of halogens is 3. The third kappa shape index (κ3) is 10.9. The summed E-state index contributed by atoms with van der Waals surface area (Å²) in [5.74, 6) is -1.68. The lowest BCUT2D eigenvalue weighted by atomic mass is 10.2. The topological polar surface area (TPSA) is 261 Å². The molecule has 0 spiro atoms. The molecule has 0 bridgehead atoms. The summed E-state index contributed by atoms with van der Waals surface area (Å²) >= 11 is 0. The predicted octanol–water partition coefficient (Wildman–Crippen LogP) is -0.0721. The molecule has 0 unspecified atom stereocenters. The van der Waals surface area contributed by atoms with Crippen LogP contribution in [0.5, 0.6) is 0 Å². The van der Waals surface area contributed by atoms with Crippen molar-refractivity contribution in [1.82, 2.24) is 50.5 Å². The number of aliphatic hydroxyl groups excluding tert-OH is 1. The normalized spacial score (nSPS) is 11.1. The number of hydrogen-bond acceptors (Lipinski definition) is 12. The Balaban J connectivity index is 0.000000284. The standard InChI is InChI=1S/C12H18N6O3.C9H9F3N6O2.CH4O/c1-12(2,3)21-11(20)14-5-4-13-10-17-8-7(9(19)18-10)15-6-16-8;10-9(11,12)7(20)13-1-2-14-8-17-5-4(6(19)18-8)15-3-16-5;1-2/h6H,4-5H2,1-3H3,(H,14,20)(H3,13,15,16,17,18,19);3H,1-2H2,(H,13,20)(H3,14,15,16,17,18,19);2H,1H3. The van der Waals surface area contributed by atoms with Gasteiger partial charge in [-0.3, -0.25) is 24.4 Å². The number of H-pyrrole nitrogens is 4. The van der Waals surface area contributed by atoms with Gasteiger partial charge >= 0.3 is 18.2 Å². The van der Waals surface area contributed by atoms with Crippen LogP contribution < -0.4 is 32.4 Å². The van der Waals surface area contributed by atoms with Crippen LogP contribution in [0.1, 0.15) is 20.8 Å². The fourth-order valence-electron chi connectivity index (χ4n) is 2.97. The van der Waals surface area contributed by atoms with E-state index < -0.39 is 29.3 Å². The molecule has 4 rings (SSSR count). The zero-order chi connectivity index (χ0) is 32.2. The molecule has 0 saturated heterocycles. The molecule has 0 aromatic carbocycles. The highest BCUT2D eigenvalue weighted by Crippen LogP contribution is 2.13. The number of rotatable bonds is 8. The largest absolute Gasteiger partial charge is 0.471 e. The molecule has 21 heteroatoms. The smallest absolute Gasteiger partial charge is 0.444 e. The third-order valence-electron chi connectivity index (χ3n) is 4.64. The first kappa shape index (κ1) is 34.0. The first-order chi connectivity index (χ1) is 20.2. The van der Waals surface area contributed by atoms with Gasteiger partial charge in [-0.15, -0.1) is 0 Å². The van der Waals surface area contributed by atoms with Crippen LogP contribution in [0.3, 0.4) is 0 Å². The van der Waals surface area contributed by atoms with E-state index in [1.54, 1.807) is 26.1 Å². The molecule has 0 atom stereocenters. The number of hydrogen-bond donors (Lipinski definition) is 9. The summed E-state index contributed by atoms with van der Waals surface area (Å²) in [5, 5.41) is 16.7. The molecule has 43 heavy (non-hydrogen) atoms. The number of carbonyl (C=O) groups excluding carboxylic acids is 2. The minimum atomic E-state index is -4.92. The monoisotopic (exact) mass is 616 g/mol. The molecule has 18 nitrogen and oxygen atoms in total. The number of alkyl halides is 3. The average molecular weight is 617 g/mol. The lowest BCUT2D eigenvalue weighted by Crippen LogP contribution is -2.39. The molecule has 0 radical (unpaired) electrons. The summed E-state index contributed by atoms with van der Waals surface area (Å²) in [4.78, 5) is 71.1. The Hall–Kier alpha value is -5.21. The fraction of sp³-hybridized carbons (Fsp3) is 0.455. The van der Waals surface area contributed by atoms with E-state index >= 15 is 0 Å². The summed E-state index contributed by atoms with van der Waals surface area (Å²) in [6, 6.07) is 0. The van der Waals surface area contributed by atoms with Crippen LogP contribution in [0.2, 0.25) is 0 Å². The van der Waals surface area contributed by atoms with Gasteiger partial charge in [0.2, 0.25) is 11.9 Å². The van der Waals surface area contributed by atoms with E-state index in [-0.39, 0.29) is 35.8 Å². The van der Waals surface area contributed by atoms with Gasteiger partial charge in [0, 0.05) is 33.3 Å². The lowest BCUT2D eigenvalue weighted by Gasteiger charge is -2.19. The predicted molar refractivity (Wildman–Crippen MR) is 147 cm³/mol. The fourth-order valence-corrected chi connectivity index (χ4v) is 2.97. The number of amides is 2. The second kappa shape index (κ2) is 15.1. The molecular weight excluding hydrogens is 585 g/mol. The Morgan fingerprint density at radius 3 is 1.67 bits per heavy atom. The van der Waals surface area contributed by atoms with Crippen molar-refractivity contribution in [2.75, 3.05) is 43.9 Å². The molecule has 0 saturated carbocycles. The molecule has 0 aliphatic heterocycles. The van der Waals surface area contributed by atoms with Crippen molar-refractivity contribution in [3.05, 3.63) is 33.4 Å². The second-order valence-electron chi connectivity index (χ2n) is 9.07. The number of nitrogens with zero attached hydrogens (tertiary/aromatic N) is 4. The van der Waals surface area contributed by atoms with Crippen molar-refractivity contribution in [3.63, 3.8) is 0 Å². The molecule has 4 heterocycles. The van der Waals surface area contributed by atoms with E-state index in [2.05, 4.69) is 55.8 Å². The number of aliphatic hydroxyl groups is 1. The van der Waals surface area contributed by atoms with Crippen LogP contribution in [-0.2, 0) is 9.53 Å². The zero-order valence-corrected chi connectivity index (χ0v) is 23.4. The number of aromatic nitrogens is 8. The van der Waals surface area contributed by atoms with Gasteiger partial charge in [0.05, 0.1) is 12.7 Å². The molecular formula is C22H31F3N12O6. The van der Waals surface area contributed by atoms with Crippen molar-refractivity contribution in [2.45, 2.75) is 32.5 Å². The summed E-state index contributed by atoms with van der Waals surface area (Å²) in [5.41, 5.74) is -0.269. The number of nitrogens with one attached hydrogen (secondary N) is 8. The van der Waals surface area contributed by atoms with Gasteiger partial charge in [-0.25, -0.2) is 14.8 Å². The van der Waals surface area contributed by atoms with Crippen molar-refractivity contribution < 1.29 is 32.6 Å². The van der Waals surface area contributed by atoms with Crippen LogP contribution >= 0.6 is 0 Å². The summed E-state index contributed by atoms with van der Waals surface area (Å²) in [6.07, 6.45) is -2.71. The number of imidazole rings is 2. The van der Waals surface area contributed by atoms with Gasteiger partial charge < -0.3 is 41.1 Å². The molecule has 0 fully saturated rings. The maximum absolute atomic E-state index is 11.9. The third-order valence-corrected chi connectivity index (χ3v) is 4.64. The SMILES string of the molecule is CC(C)(C)OC(=O)NCCNc1nc2nc[nH]c2c(=O)[nH]1.CO.O=C(NCCNc1nc2nc[nH]c2c(=O)[nH]1)C(F)(F)F. The number of carbonyl (C=O) groups is 2. The number of aromatic amines is 4. The lowest BCUT2D eigenvalue weighted by molar-refractivity contribution is -0.173. The molecule has 4 aromatic rings. The average Bonchev–Trinajstić information content (AvgIpc) is 3.59. The maximum atomic E-state index is 11.9. The number of fused-ring (bicyclic) bond motifs is 2. The molecule has 0 aliphatic carbocycles. The molecule has 236 valence electrons. The number of alkyl carbamates (subject to hydrolysis) is 1. The minimum absolute atomic E-state index is 0.0410. The van der Waals surface area contributed by atoms with Gasteiger partial charge in [-0.1, -0.05) is 0 Å². The van der Waals surface area contributed by atoms with Gasteiger partial charge in [-0.2, -0.15) is 23.1 Å². The maximum Gasteiger partial charge on any atom is 0.471 e. The van der Waals surface area contributed by atoms with Crippen molar-refractivity contribution in [3.8, 4) is 0 Å². The van der Waals surface area contributed by atoms with Gasteiger partial charge in [0.25, 0.3) is 11.1 Å². The Morgan fingerprint density at radius 2 is 1.26 bits per heavy atom. The summed E-state index contributed by atoms with van der Waals surface area (Å²) in [6.45, 7) is 5.77. The molecule has 2 amide bonds. The first-order valence-corrected chi connectivity index (χ1v) is 12.3. The highest BCUT2D eigenvalue weighted by molar-refractivity contribution is 5.81. The Bertz CT molecular complexity index is 1610. The van der Waals surface area contributed by atoms with E-state index in [1.165, 1.54) is 12.7 Å². The first-order valence-electron chi connectivity index (χ1n) is 12.3. The van der Waals surface area contributed by atoms with E-state index in [9.17, 15) is 32.3 Å². The number of ether oxygens (including phenoxy) is 1. The van der Waals surface area contributed by atoms with Gasteiger partial charge in [0.1, 0.15) is 5.60 Å². The quantitative estimate of drug-likeness (QED) is 0.118. The minimum Gasteiger partial charge on any atom is -0.444 e. The summed E-state index contributed by atoms with van der Waals surface area (Å²) < 4.78 is 40.8. The van der Waals surface area contributed by atoms with Crippen LogP contribution in [0, 0.1) is 0 Å². The van der Waals surface area contributed by atoms with E-state index in [0.717, 1.165) is 7.11 Å². The van der Waals surface area contributed by atoms with Crippen LogP contribution in [0.25, 0.3) is 22.3 Å². The summed E-state index contributed by atoms with van der Waals surface area (Å²) in [7, 11) is 1.00.